The summed E-state index contributed by atoms with van der Waals surface area (Å²) in [4.78, 5) is 4.21. The van der Waals surface area contributed by atoms with Crippen molar-refractivity contribution in [2.24, 2.45) is 0 Å². The molecule has 4 nitrogen and oxygen atoms in total. The van der Waals surface area contributed by atoms with E-state index in [0.717, 1.165) is 22.6 Å². The quantitative estimate of drug-likeness (QED) is 0.812. The highest BCUT2D eigenvalue weighted by Gasteiger charge is 2.12. The second kappa shape index (κ2) is 6.15. The van der Waals surface area contributed by atoms with E-state index in [0.29, 0.717) is 17.9 Å². The fraction of sp³-hybridized carbons (Fsp3) is 0.111. The number of rotatable bonds is 3. The summed E-state index contributed by atoms with van der Waals surface area (Å²) in [6.45, 7) is 0.415. The summed E-state index contributed by atoms with van der Waals surface area (Å²) in [6, 6.07) is 13.4. The van der Waals surface area contributed by atoms with Crippen molar-refractivity contribution in [3.05, 3.63) is 65.5 Å². The molecule has 1 aromatic heterocycles. The number of aromatic nitrogens is 1. The molecule has 0 unspecified atom stereocenters. The minimum atomic E-state index is 0.415. The van der Waals surface area contributed by atoms with E-state index in [1.807, 2.05) is 48.6 Å². The molecule has 0 N–H and O–H groups in total. The lowest BCUT2D eigenvalue weighted by molar-refractivity contribution is 0.346. The predicted molar refractivity (Wildman–Crippen MR) is 84.3 cm³/mol. The average Bonchev–Trinajstić information content (AvgIpc) is 2.59. The Balaban J connectivity index is 1.94. The van der Waals surface area contributed by atoms with Gasteiger partial charge in [0.05, 0.1) is 18.4 Å². The Morgan fingerprint density at radius 2 is 2.27 bits per heavy atom. The molecule has 0 saturated carbocycles. The van der Waals surface area contributed by atoms with Crippen LogP contribution in [0.5, 0.6) is 11.5 Å². The first kappa shape index (κ1) is 13.9. The molecule has 0 spiro atoms. The van der Waals surface area contributed by atoms with Crippen molar-refractivity contribution < 1.29 is 9.47 Å². The molecular weight excluding hydrogens is 276 g/mol. The van der Waals surface area contributed by atoms with Crippen LogP contribution in [0.4, 0.5) is 0 Å². The largest absolute Gasteiger partial charge is 0.497 e. The van der Waals surface area contributed by atoms with Crippen molar-refractivity contribution in [3.63, 3.8) is 0 Å². The van der Waals surface area contributed by atoms with Gasteiger partial charge in [-0.2, -0.15) is 5.26 Å². The molecule has 4 heteroatoms. The number of hydrogen-bond acceptors (Lipinski definition) is 4. The average molecular weight is 290 g/mol. The number of benzene rings is 1. The zero-order valence-electron chi connectivity index (χ0n) is 12.1. The Morgan fingerprint density at radius 3 is 3.00 bits per heavy atom. The number of hydrogen-bond donors (Lipinski definition) is 0. The molecule has 0 aliphatic carbocycles. The lowest BCUT2D eigenvalue weighted by Crippen LogP contribution is -2.06. The minimum Gasteiger partial charge on any atom is -0.497 e. The van der Waals surface area contributed by atoms with Crippen molar-refractivity contribution in [1.29, 1.82) is 5.26 Å². The van der Waals surface area contributed by atoms with Gasteiger partial charge < -0.3 is 9.47 Å². The van der Waals surface area contributed by atoms with Gasteiger partial charge in [-0.05, 0) is 42.0 Å². The van der Waals surface area contributed by atoms with Gasteiger partial charge in [-0.15, -0.1) is 0 Å². The van der Waals surface area contributed by atoms with Crippen LogP contribution in [-0.2, 0) is 0 Å². The molecule has 0 atom stereocenters. The molecule has 3 rings (SSSR count). The summed E-state index contributed by atoms with van der Waals surface area (Å²) in [6.07, 6.45) is 5.50. The molecule has 108 valence electrons. The van der Waals surface area contributed by atoms with Crippen molar-refractivity contribution in [2.75, 3.05) is 13.7 Å². The molecule has 1 aliphatic heterocycles. The Kier molecular flexibility index (Phi) is 3.88. The van der Waals surface area contributed by atoms with E-state index in [1.165, 1.54) is 0 Å². The number of nitriles is 1. The molecule has 0 amide bonds. The predicted octanol–water partition coefficient (Wildman–Crippen LogP) is 3.47. The summed E-state index contributed by atoms with van der Waals surface area (Å²) in [5, 5.41) is 9.33. The summed E-state index contributed by atoms with van der Waals surface area (Å²) < 4.78 is 10.9. The maximum Gasteiger partial charge on any atom is 0.130 e. The van der Waals surface area contributed by atoms with E-state index in [1.54, 1.807) is 13.3 Å². The first-order valence-electron chi connectivity index (χ1n) is 6.85. The van der Waals surface area contributed by atoms with Crippen LogP contribution in [0.25, 0.3) is 11.6 Å². The summed E-state index contributed by atoms with van der Waals surface area (Å²) >= 11 is 0. The number of pyridine rings is 1. The van der Waals surface area contributed by atoms with Crippen LogP contribution in [0.2, 0.25) is 0 Å². The Bertz CT molecular complexity index is 786. The van der Waals surface area contributed by atoms with Crippen LogP contribution >= 0.6 is 0 Å². The molecule has 22 heavy (non-hydrogen) atoms. The molecule has 0 saturated heterocycles. The fourth-order valence-electron chi connectivity index (χ4n) is 2.24. The maximum absolute atomic E-state index is 9.33. The molecule has 0 fully saturated rings. The molecule has 1 aromatic carbocycles. The van der Waals surface area contributed by atoms with Gasteiger partial charge in [0, 0.05) is 17.8 Å². The molecular formula is C18H14N2O2. The van der Waals surface area contributed by atoms with Gasteiger partial charge in [0.15, 0.2) is 0 Å². The first-order valence-corrected chi connectivity index (χ1v) is 6.85. The molecule has 0 radical (unpaired) electrons. The fourth-order valence-corrected chi connectivity index (χ4v) is 2.24. The van der Waals surface area contributed by atoms with Crippen LogP contribution in [0.1, 0.15) is 11.3 Å². The zero-order valence-corrected chi connectivity index (χ0v) is 12.1. The maximum atomic E-state index is 9.33. The molecule has 2 heterocycles. The monoisotopic (exact) mass is 290 g/mol. The van der Waals surface area contributed by atoms with Gasteiger partial charge in [0.2, 0.25) is 0 Å². The minimum absolute atomic E-state index is 0.415. The summed E-state index contributed by atoms with van der Waals surface area (Å²) in [7, 11) is 1.63. The van der Waals surface area contributed by atoms with Gasteiger partial charge >= 0.3 is 0 Å². The smallest absolute Gasteiger partial charge is 0.130 e. The Labute approximate surface area is 128 Å². The second-order valence-electron chi connectivity index (χ2n) is 4.80. The third kappa shape index (κ3) is 2.84. The number of ether oxygens (including phenoxy) is 2. The lowest BCUT2D eigenvalue weighted by atomic mass is 10.0. The molecule has 2 aromatic rings. The highest BCUT2D eigenvalue weighted by Crippen LogP contribution is 2.31. The Hall–Kier alpha value is -3.06. The van der Waals surface area contributed by atoms with E-state index in [2.05, 4.69) is 11.1 Å². The molecule has 1 aliphatic rings. The van der Waals surface area contributed by atoms with Crippen molar-refractivity contribution in [2.45, 2.75) is 0 Å². The Morgan fingerprint density at radius 1 is 1.36 bits per heavy atom. The highest BCUT2D eigenvalue weighted by atomic mass is 16.5. The van der Waals surface area contributed by atoms with Gasteiger partial charge in [0.25, 0.3) is 0 Å². The van der Waals surface area contributed by atoms with Crippen LogP contribution in [-0.4, -0.2) is 18.7 Å². The van der Waals surface area contributed by atoms with Gasteiger partial charge in [-0.1, -0.05) is 6.07 Å². The van der Waals surface area contributed by atoms with Crippen LogP contribution in [0.3, 0.4) is 0 Å². The highest BCUT2D eigenvalue weighted by molar-refractivity contribution is 5.79. The van der Waals surface area contributed by atoms with Crippen molar-refractivity contribution in [1.82, 2.24) is 4.98 Å². The van der Waals surface area contributed by atoms with E-state index in [-0.39, 0.29) is 0 Å². The normalized spacial score (nSPS) is 13.5. The van der Waals surface area contributed by atoms with E-state index in [9.17, 15) is 5.26 Å². The molecule has 0 bridgehead atoms. The second-order valence-corrected chi connectivity index (χ2v) is 4.80. The SMILES string of the molecule is COc1ccc2c(c1)OCC(/C=C(/C#N)c1ccccn1)=C2. The third-order valence-electron chi connectivity index (χ3n) is 3.35. The number of fused-ring (bicyclic) bond motifs is 1. The summed E-state index contributed by atoms with van der Waals surface area (Å²) in [5.41, 5.74) is 3.08. The lowest BCUT2D eigenvalue weighted by Gasteiger charge is -2.17. The zero-order chi connectivity index (χ0) is 15.4. The van der Waals surface area contributed by atoms with Crippen LogP contribution in [0, 0.1) is 11.3 Å². The summed E-state index contributed by atoms with van der Waals surface area (Å²) in [5.74, 6) is 1.55. The number of nitrogens with zero attached hydrogens (tertiary/aromatic N) is 2. The van der Waals surface area contributed by atoms with E-state index in [4.69, 9.17) is 9.47 Å². The number of allylic oxidation sites excluding steroid dienone is 1. The van der Waals surface area contributed by atoms with E-state index < -0.39 is 0 Å². The van der Waals surface area contributed by atoms with Crippen LogP contribution in [0.15, 0.2) is 54.2 Å². The van der Waals surface area contributed by atoms with Crippen molar-refractivity contribution >= 4 is 11.6 Å². The van der Waals surface area contributed by atoms with E-state index >= 15 is 0 Å². The standard InChI is InChI=1S/C18H14N2O2/c1-21-16-6-5-14-8-13(12-22-18(14)10-16)9-15(11-19)17-4-2-3-7-20-17/h2-10H,12H2,1H3/b15-9-. The van der Waals surface area contributed by atoms with Crippen LogP contribution < -0.4 is 9.47 Å². The number of methoxy groups -OCH3 is 1. The van der Waals surface area contributed by atoms with Crippen molar-refractivity contribution in [3.8, 4) is 17.6 Å². The van der Waals surface area contributed by atoms with Gasteiger partial charge in [-0.3, -0.25) is 4.98 Å². The topological polar surface area (TPSA) is 55.1 Å². The van der Waals surface area contributed by atoms with Gasteiger partial charge in [0.1, 0.15) is 24.2 Å². The third-order valence-corrected chi connectivity index (χ3v) is 3.35. The van der Waals surface area contributed by atoms with Gasteiger partial charge in [-0.25, -0.2) is 0 Å². The first-order chi connectivity index (χ1) is 10.8.